The Labute approximate surface area is 181 Å². The third kappa shape index (κ3) is 5.02. The molecule has 5 atom stereocenters. The Morgan fingerprint density at radius 1 is 1.39 bits per heavy atom. The number of benzene rings is 1. The fourth-order valence-corrected chi connectivity index (χ4v) is 4.73. The van der Waals surface area contributed by atoms with Gasteiger partial charge in [-0.05, 0) is 50.8 Å². The van der Waals surface area contributed by atoms with E-state index in [1.807, 2.05) is 6.92 Å². The summed E-state index contributed by atoms with van der Waals surface area (Å²) in [7, 11) is 0. The maximum absolute atomic E-state index is 13.6. The van der Waals surface area contributed by atoms with E-state index in [0.717, 1.165) is 12.5 Å². The molecular weight excluding hydrogens is 404 g/mol. The predicted octanol–water partition coefficient (Wildman–Crippen LogP) is 1.79. The Morgan fingerprint density at radius 2 is 2.06 bits per heavy atom. The van der Waals surface area contributed by atoms with Crippen LogP contribution >= 0.6 is 0 Å². The van der Waals surface area contributed by atoms with E-state index in [-0.39, 0.29) is 18.0 Å². The van der Waals surface area contributed by atoms with Crippen LogP contribution in [0.3, 0.4) is 0 Å². The monoisotopic (exact) mass is 433 g/mol. The zero-order valence-corrected chi connectivity index (χ0v) is 17.9. The number of nitriles is 1. The highest BCUT2D eigenvalue weighted by atomic mass is 19.1. The molecule has 3 rings (SSSR count). The van der Waals surface area contributed by atoms with Gasteiger partial charge in [0.2, 0.25) is 12.3 Å². The Hall–Kier alpha value is -2.57. The van der Waals surface area contributed by atoms with Crippen molar-refractivity contribution in [2.24, 2.45) is 5.73 Å². The molecule has 0 aromatic heterocycles. The van der Waals surface area contributed by atoms with Crippen LogP contribution in [0, 0.1) is 23.0 Å². The maximum atomic E-state index is 13.6. The van der Waals surface area contributed by atoms with Crippen molar-refractivity contribution in [1.82, 2.24) is 14.7 Å². The van der Waals surface area contributed by atoms with E-state index in [2.05, 4.69) is 11.0 Å². The molecule has 5 unspecified atom stereocenters. The van der Waals surface area contributed by atoms with E-state index < -0.39 is 29.8 Å². The molecule has 31 heavy (non-hydrogen) atoms. The first-order valence-electron chi connectivity index (χ1n) is 10.6. The molecule has 2 aliphatic heterocycles. The number of amides is 2. The molecule has 1 aromatic carbocycles. The molecule has 9 heteroatoms. The Bertz CT molecular complexity index is 841. The van der Waals surface area contributed by atoms with Crippen LogP contribution in [0.2, 0.25) is 0 Å². The van der Waals surface area contributed by atoms with Crippen LogP contribution in [0.1, 0.15) is 44.7 Å². The van der Waals surface area contributed by atoms with Crippen LogP contribution in [0.15, 0.2) is 18.2 Å². The topological polar surface area (TPSA) is 93.7 Å². The van der Waals surface area contributed by atoms with Gasteiger partial charge < -0.3 is 15.5 Å². The molecule has 168 valence electrons. The maximum Gasteiger partial charge on any atom is 0.241 e. The van der Waals surface area contributed by atoms with Crippen LogP contribution in [-0.4, -0.2) is 70.8 Å². The van der Waals surface area contributed by atoms with E-state index in [1.165, 1.54) is 12.1 Å². The number of nitrogens with two attached hydrogens (primary N) is 1. The van der Waals surface area contributed by atoms with Crippen molar-refractivity contribution >= 4 is 12.3 Å². The van der Waals surface area contributed by atoms with E-state index in [9.17, 15) is 23.6 Å². The molecule has 2 aliphatic rings. The highest BCUT2D eigenvalue weighted by Gasteiger charge is 2.38. The standard InChI is InChI=1S/C22H29F2N5O2/c1-14-6-20(29(13-30)15(2)16-7-17(23)9-18(24)8-16)11-27(14)12-21(26)22(31)28-5-3-4-19(28)10-25/h7-9,13-15,19-21H,3-6,11-12,26H2,1-2H3. The molecule has 2 N–H and O–H groups in total. The van der Waals surface area contributed by atoms with Gasteiger partial charge in [0.05, 0.1) is 18.2 Å². The highest BCUT2D eigenvalue weighted by molar-refractivity contribution is 5.82. The molecule has 2 fully saturated rings. The Balaban J connectivity index is 1.65. The summed E-state index contributed by atoms with van der Waals surface area (Å²) in [6, 6.07) is 3.65. The summed E-state index contributed by atoms with van der Waals surface area (Å²) in [4.78, 5) is 29.8. The number of hydrogen-bond acceptors (Lipinski definition) is 5. The van der Waals surface area contributed by atoms with Crippen LogP contribution in [0.25, 0.3) is 0 Å². The first-order valence-corrected chi connectivity index (χ1v) is 10.6. The quantitative estimate of drug-likeness (QED) is 0.662. The summed E-state index contributed by atoms with van der Waals surface area (Å²) >= 11 is 0. The van der Waals surface area contributed by atoms with Gasteiger partial charge in [-0.3, -0.25) is 14.5 Å². The predicted molar refractivity (Wildman–Crippen MR) is 110 cm³/mol. The lowest BCUT2D eigenvalue weighted by molar-refractivity contribution is -0.133. The summed E-state index contributed by atoms with van der Waals surface area (Å²) < 4.78 is 27.3. The van der Waals surface area contributed by atoms with Crippen LogP contribution in [0.4, 0.5) is 8.78 Å². The first kappa shape index (κ1) is 23.1. The molecule has 2 saturated heterocycles. The zero-order chi connectivity index (χ0) is 22.7. The Kier molecular flexibility index (Phi) is 7.23. The van der Waals surface area contributed by atoms with Crippen molar-refractivity contribution in [3.63, 3.8) is 0 Å². The van der Waals surface area contributed by atoms with Gasteiger partial charge in [0.25, 0.3) is 0 Å². The Morgan fingerprint density at radius 3 is 2.68 bits per heavy atom. The highest BCUT2D eigenvalue weighted by Crippen LogP contribution is 2.29. The van der Waals surface area contributed by atoms with Gasteiger partial charge >= 0.3 is 0 Å². The summed E-state index contributed by atoms with van der Waals surface area (Å²) in [5, 5.41) is 9.22. The minimum Gasteiger partial charge on any atom is -0.334 e. The number of hydrogen-bond donors (Lipinski definition) is 1. The van der Waals surface area contributed by atoms with Gasteiger partial charge in [-0.2, -0.15) is 5.26 Å². The van der Waals surface area contributed by atoms with E-state index >= 15 is 0 Å². The number of halogens is 2. The zero-order valence-electron chi connectivity index (χ0n) is 17.9. The second kappa shape index (κ2) is 9.71. The third-order valence-corrected chi connectivity index (χ3v) is 6.47. The van der Waals surface area contributed by atoms with Crippen molar-refractivity contribution in [2.75, 3.05) is 19.6 Å². The molecule has 0 saturated carbocycles. The normalized spacial score (nSPS) is 25.8. The number of rotatable bonds is 7. The van der Waals surface area contributed by atoms with Crippen LogP contribution in [0.5, 0.6) is 0 Å². The second-order valence-corrected chi connectivity index (χ2v) is 8.55. The van der Waals surface area contributed by atoms with Crippen molar-refractivity contribution in [2.45, 2.75) is 63.3 Å². The summed E-state index contributed by atoms with van der Waals surface area (Å²) in [5.74, 6) is -1.59. The molecule has 0 spiro atoms. The second-order valence-electron chi connectivity index (χ2n) is 8.55. The van der Waals surface area contributed by atoms with Crippen LogP contribution < -0.4 is 5.73 Å². The van der Waals surface area contributed by atoms with E-state index in [4.69, 9.17) is 5.73 Å². The molecule has 0 bridgehead atoms. The van der Waals surface area contributed by atoms with E-state index in [0.29, 0.717) is 44.4 Å². The SMILES string of the molecule is CC1CC(N(C=O)C(C)c2cc(F)cc(F)c2)CN1CC(N)C(=O)N1CCCC1C#N. The molecule has 0 aliphatic carbocycles. The molecule has 2 amide bonds. The van der Waals surface area contributed by atoms with Crippen LogP contribution in [-0.2, 0) is 9.59 Å². The minimum absolute atomic E-state index is 0.0769. The largest absolute Gasteiger partial charge is 0.334 e. The molecule has 2 heterocycles. The van der Waals surface area contributed by atoms with Crippen molar-refractivity contribution < 1.29 is 18.4 Å². The summed E-state index contributed by atoms with van der Waals surface area (Å²) in [6.07, 6.45) is 2.84. The minimum atomic E-state index is -0.755. The third-order valence-electron chi connectivity index (χ3n) is 6.47. The average molecular weight is 434 g/mol. The molecule has 1 aromatic rings. The number of carbonyl (C=O) groups is 2. The number of carbonyl (C=O) groups excluding carboxylic acids is 2. The smallest absolute Gasteiger partial charge is 0.241 e. The van der Waals surface area contributed by atoms with Gasteiger partial charge in [-0.15, -0.1) is 0 Å². The lowest BCUT2D eigenvalue weighted by Gasteiger charge is -2.32. The van der Waals surface area contributed by atoms with Gasteiger partial charge in [-0.1, -0.05) is 0 Å². The lowest BCUT2D eigenvalue weighted by atomic mass is 10.0. The van der Waals surface area contributed by atoms with Gasteiger partial charge in [0.15, 0.2) is 0 Å². The van der Waals surface area contributed by atoms with Crippen molar-refractivity contribution in [1.29, 1.82) is 5.26 Å². The summed E-state index contributed by atoms with van der Waals surface area (Å²) in [6.45, 7) is 5.11. The lowest BCUT2D eigenvalue weighted by Crippen LogP contribution is -2.51. The van der Waals surface area contributed by atoms with Gasteiger partial charge in [0, 0.05) is 37.8 Å². The first-order chi connectivity index (χ1) is 14.7. The summed E-state index contributed by atoms with van der Waals surface area (Å²) in [5.41, 5.74) is 6.57. The molecule has 7 nitrogen and oxygen atoms in total. The fourth-order valence-electron chi connectivity index (χ4n) is 4.73. The average Bonchev–Trinajstić information content (AvgIpc) is 3.34. The number of nitrogens with zero attached hydrogens (tertiary/aromatic N) is 4. The fraction of sp³-hybridized carbons (Fsp3) is 0.591. The van der Waals surface area contributed by atoms with Gasteiger partial charge in [0.1, 0.15) is 17.7 Å². The van der Waals surface area contributed by atoms with Gasteiger partial charge in [-0.25, -0.2) is 8.78 Å². The van der Waals surface area contributed by atoms with Crippen molar-refractivity contribution in [3.8, 4) is 6.07 Å². The van der Waals surface area contributed by atoms with Crippen molar-refractivity contribution in [3.05, 3.63) is 35.4 Å². The molecule has 0 radical (unpaired) electrons. The van der Waals surface area contributed by atoms with E-state index in [1.54, 1.807) is 16.7 Å². The molecular formula is C22H29F2N5O2. The number of likely N-dealkylation sites (tertiary alicyclic amines) is 2.